The average Bonchev–Trinajstić information content (AvgIpc) is 3.60. The number of hydrogen-bond acceptors (Lipinski definition) is 6. The summed E-state index contributed by atoms with van der Waals surface area (Å²) in [5, 5.41) is 4.32. The minimum absolute atomic E-state index is 0.661. The molecule has 6 heteroatoms. The molecule has 1 aromatic heterocycles. The highest BCUT2D eigenvalue weighted by molar-refractivity contribution is 6.11. The Balaban J connectivity index is 0.979. The molecule has 12 aromatic rings. The van der Waals surface area contributed by atoms with Crippen LogP contribution in [-0.4, -0.2) is 23.6 Å². The Kier molecular flexibility index (Phi) is 14.4. The van der Waals surface area contributed by atoms with Crippen LogP contribution in [-0.2, 0) is 6.42 Å². The van der Waals surface area contributed by atoms with Crippen LogP contribution in [0.15, 0.2) is 286 Å². The van der Waals surface area contributed by atoms with Gasteiger partial charge in [-0.3, -0.25) is 0 Å². The Morgan fingerprint density at radius 3 is 1.32 bits per heavy atom. The Labute approximate surface area is 469 Å². The highest BCUT2D eigenvalue weighted by atomic mass is 15.2. The van der Waals surface area contributed by atoms with Gasteiger partial charge < -0.3 is 19.6 Å². The largest absolute Gasteiger partial charge is 0.344 e. The lowest BCUT2D eigenvalue weighted by molar-refractivity contribution is 1.07. The Bertz CT molecular complexity index is 4210. The number of anilines is 10. The first-order chi connectivity index (χ1) is 39.5. The monoisotopic (exact) mass is 1030 g/mol. The third kappa shape index (κ3) is 9.76. The molecular formula is C74H60N6. The van der Waals surface area contributed by atoms with E-state index in [-0.39, 0.29) is 0 Å². The van der Waals surface area contributed by atoms with E-state index in [9.17, 15) is 0 Å². The molecule has 80 heavy (non-hydrogen) atoms. The van der Waals surface area contributed by atoms with E-state index in [2.05, 4.69) is 302 Å². The lowest BCUT2D eigenvalue weighted by Crippen LogP contribution is -2.18. The van der Waals surface area contributed by atoms with Gasteiger partial charge in [0.25, 0.3) is 0 Å². The predicted molar refractivity (Wildman–Crippen MR) is 342 cm³/mol. The first kappa shape index (κ1) is 50.5. The molecule has 1 heterocycles. The van der Waals surface area contributed by atoms with Gasteiger partial charge in [-0.15, -0.1) is 13.2 Å². The summed E-state index contributed by atoms with van der Waals surface area (Å²) in [7, 11) is 2.13. The van der Waals surface area contributed by atoms with Crippen molar-refractivity contribution >= 4 is 95.5 Å². The van der Waals surface area contributed by atoms with E-state index in [1.165, 1.54) is 11.1 Å². The predicted octanol–water partition coefficient (Wildman–Crippen LogP) is 20.1. The van der Waals surface area contributed by atoms with E-state index < -0.39 is 0 Å². The fourth-order valence-electron chi connectivity index (χ4n) is 11.2. The smallest absolute Gasteiger partial charge is 0.0979 e. The summed E-state index contributed by atoms with van der Waals surface area (Å²) in [5.41, 5.74) is 18.4. The Morgan fingerprint density at radius 2 is 0.800 bits per heavy atom. The van der Waals surface area contributed by atoms with Crippen LogP contribution in [0.1, 0.15) is 18.1 Å². The quantitative estimate of drug-likeness (QED) is 0.0846. The molecule has 0 unspecified atom stereocenters. The van der Waals surface area contributed by atoms with Gasteiger partial charge in [0.2, 0.25) is 0 Å². The standard InChI is InChI=1S/C74H60N6/c1-5-24-53-26-14-18-40-69(53)77(4)55-44-48-59(49-45-55)79(57-28-10-8-11-29-57)71-42-22-32-61-63(71)34-20-36-65(61)73-74(76-68-39-17-16-38-67(68)75-73)66-37-21-35-64-62(66)33-23-43-72(64)80(58-30-12-9-13-31-58)60-50-46-56(47-51-60)78(52-7-3)70-41-19-15-27-54(70)25-6-2/h5-24,26-51H,2-3,25,52H2,1,4H3/b24-5+. The second-order valence-electron chi connectivity index (χ2n) is 19.8. The van der Waals surface area contributed by atoms with Crippen LogP contribution in [0.25, 0.3) is 61.2 Å². The number of para-hydroxylation sites is 6. The fraction of sp³-hybridized carbons (Fsp3) is 0.0541. The van der Waals surface area contributed by atoms with E-state index in [4.69, 9.17) is 9.97 Å². The molecule has 386 valence electrons. The van der Waals surface area contributed by atoms with Crippen molar-refractivity contribution < 1.29 is 0 Å². The van der Waals surface area contributed by atoms with Crippen molar-refractivity contribution in [1.82, 2.24) is 9.97 Å². The molecule has 0 N–H and O–H groups in total. The molecule has 0 aliphatic carbocycles. The van der Waals surface area contributed by atoms with E-state index >= 15 is 0 Å². The minimum atomic E-state index is 0.661. The molecule has 0 bridgehead atoms. The van der Waals surface area contributed by atoms with Crippen molar-refractivity contribution in [2.75, 3.05) is 33.2 Å². The summed E-state index contributed by atoms with van der Waals surface area (Å²) >= 11 is 0. The van der Waals surface area contributed by atoms with Gasteiger partial charge >= 0.3 is 0 Å². The lowest BCUT2D eigenvalue weighted by atomic mass is 9.94. The summed E-state index contributed by atoms with van der Waals surface area (Å²) in [4.78, 5) is 20.4. The van der Waals surface area contributed by atoms with Crippen molar-refractivity contribution in [3.05, 3.63) is 297 Å². The third-order valence-electron chi connectivity index (χ3n) is 14.9. The lowest BCUT2D eigenvalue weighted by Gasteiger charge is -2.29. The molecular weight excluding hydrogens is 973 g/mol. The minimum Gasteiger partial charge on any atom is -0.344 e. The zero-order chi connectivity index (χ0) is 54.4. The maximum Gasteiger partial charge on any atom is 0.0979 e. The second kappa shape index (κ2) is 22.7. The molecule has 0 saturated carbocycles. The zero-order valence-electron chi connectivity index (χ0n) is 45.1. The van der Waals surface area contributed by atoms with Crippen LogP contribution in [0.2, 0.25) is 0 Å². The zero-order valence-corrected chi connectivity index (χ0v) is 45.1. The van der Waals surface area contributed by atoms with Gasteiger partial charge in [0.15, 0.2) is 0 Å². The Hall–Kier alpha value is -10.3. The third-order valence-corrected chi connectivity index (χ3v) is 14.9. The van der Waals surface area contributed by atoms with Crippen LogP contribution in [0.3, 0.4) is 0 Å². The molecule has 0 atom stereocenters. The summed E-state index contributed by atoms with van der Waals surface area (Å²) in [6, 6.07) is 90.6. The van der Waals surface area contributed by atoms with Crippen LogP contribution in [0.4, 0.5) is 56.9 Å². The maximum atomic E-state index is 5.55. The number of aromatic nitrogens is 2. The molecule has 0 fully saturated rings. The van der Waals surface area contributed by atoms with E-state index in [0.29, 0.717) is 6.54 Å². The number of allylic oxidation sites excluding steroid dienone is 2. The fourth-order valence-corrected chi connectivity index (χ4v) is 11.2. The molecule has 0 spiro atoms. The molecule has 0 saturated heterocycles. The van der Waals surface area contributed by atoms with Crippen LogP contribution in [0, 0.1) is 0 Å². The molecule has 6 nitrogen and oxygen atoms in total. The molecule has 0 amide bonds. The summed E-state index contributed by atoms with van der Waals surface area (Å²) in [6.45, 7) is 10.9. The van der Waals surface area contributed by atoms with Crippen molar-refractivity contribution in [3.8, 4) is 22.5 Å². The normalized spacial score (nSPS) is 11.3. The van der Waals surface area contributed by atoms with Crippen molar-refractivity contribution in [2.24, 2.45) is 0 Å². The number of fused-ring (bicyclic) bond motifs is 3. The molecule has 0 aliphatic heterocycles. The molecule has 0 aliphatic rings. The van der Waals surface area contributed by atoms with Gasteiger partial charge in [-0.2, -0.15) is 0 Å². The van der Waals surface area contributed by atoms with Crippen LogP contribution >= 0.6 is 0 Å². The average molecular weight is 1030 g/mol. The number of nitrogens with zero attached hydrogens (tertiary/aromatic N) is 6. The molecule has 11 aromatic carbocycles. The molecule has 0 radical (unpaired) electrons. The summed E-state index contributed by atoms with van der Waals surface area (Å²) in [6.07, 6.45) is 8.94. The van der Waals surface area contributed by atoms with E-state index in [0.717, 1.165) is 118 Å². The first-order valence-electron chi connectivity index (χ1n) is 27.3. The van der Waals surface area contributed by atoms with Gasteiger partial charge in [0, 0.05) is 81.0 Å². The number of hydrogen-bond donors (Lipinski definition) is 0. The van der Waals surface area contributed by atoms with Crippen LogP contribution in [0.5, 0.6) is 0 Å². The van der Waals surface area contributed by atoms with E-state index in [1.54, 1.807) is 0 Å². The summed E-state index contributed by atoms with van der Waals surface area (Å²) < 4.78 is 0. The Morgan fingerprint density at radius 1 is 0.375 bits per heavy atom. The van der Waals surface area contributed by atoms with Crippen molar-refractivity contribution in [3.63, 3.8) is 0 Å². The highest BCUT2D eigenvalue weighted by Gasteiger charge is 2.23. The van der Waals surface area contributed by atoms with Crippen LogP contribution < -0.4 is 19.6 Å². The van der Waals surface area contributed by atoms with Crippen molar-refractivity contribution in [2.45, 2.75) is 13.3 Å². The van der Waals surface area contributed by atoms with Crippen molar-refractivity contribution in [1.29, 1.82) is 0 Å². The van der Waals surface area contributed by atoms with Gasteiger partial charge in [0.1, 0.15) is 0 Å². The van der Waals surface area contributed by atoms with Gasteiger partial charge in [-0.25, -0.2) is 9.97 Å². The summed E-state index contributed by atoms with van der Waals surface area (Å²) in [5.74, 6) is 0. The topological polar surface area (TPSA) is 38.7 Å². The van der Waals surface area contributed by atoms with Gasteiger partial charge in [0.05, 0.1) is 33.8 Å². The van der Waals surface area contributed by atoms with E-state index in [1.807, 2.05) is 24.3 Å². The number of rotatable bonds is 17. The maximum absolute atomic E-state index is 5.55. The first-order valence-corrected chi connectivity index (χ1v) is 27.3. The number of benzene rings is 11. The van der Waals surface area contributed by atoms with Gasteiger partial charge in [-0.05, 0) is 144 Å². The highest BCUT2D eigenvalue weighted by Crippen LogP contribution is 2.46. The SMILES string of the molecule is C=CCc1ccccc1N(CC=C)c1ccc(N(c2ccccc2)c2cccc3c(-c4nc5ccccc5nc4-c4cccc5c(N(c6ccccc6)c6ccc(N(C)c7ccccc7/C=C/C)cc6)cccc45)cccc23)cc1. The van der Waals surface area contributed by atoms with Gasteiger partial charge in [-0.1, -0.05) is 170 Å². The molecule has 12 rings (SSSR count). The second-order valence-corrected chi connectivity index (χ2v) is 19.8.